The number of methoxy groups -OCH3 is 1. The molecule has 1 aromatic heterocycles. The van der Waals surface area contributed by atoms with Crippen LogP contribution in [0.25, 0.3) is 0 Å². The zero-order valence-electron chi connectivity index (χ0n) is 12.9. The Balaban J connectivity index is 1.75. The van der Waals surface area contributed by atoms with Gasteiger partial charge in [-0.3, -0.25) is 0 Å². The third-order valence-corrected chi connectivity index (χ3v) is 4.56. The topological polar surface area (TPSA) is 83.6 Å². The predicted octanol–water partition coefficient (Wildman–Crippen LogP) is 1.74. The van der Waals surface area contributed by atoms with E-state index in [-0.39, 0.29) is 18.2 Å². The molecule has 1 aliphatic heterocycles. The number of nitrogens with one attached hydrogen (secondary N) is 2. The molecule has 1 fully saturated rings. The van der Waals surface area contributed by atoms with Crippen molar-refractivity contribution in [2.24, 2.45) is 0 Å². The van der Waals surface area contributed by atoms with Crippen LogP contribution in [0, 0.1) is 0 Å². The maximum absolute atomic E-state index is 11.9. The molecule has 0 spiro atoms. The van der Waals surface area contributed by atoms with E-state index >= 15 is 0 Å². The minimum Gasteiger partial charge on any atom is -0.453 e. The summed E-state index contributed by atoms with van der Waals surface area (Å²) in [6.07, 6.45) is 2.27. The maximum Gasteiger partial charge on any atom is 0.409 e. The van der Waals surface area contributed by atoms with Crippen molar-refractivity contribution < 1.29 is 14.3 Å². The Labute approximate surface area is 134 Å². The van der Waals surface area contributed by atoms with Crippen LogP contribution < -0.4 is 10.6 Å². The predicted molar refractivity (Wildman–Crippen MR) is 83.9 cm³/mol. The molecule has 7 nitrogen and oxygen atoms in total. The third kappa shape index (κ3) is 4.59. The Morgan fingerprint density at radius 2 is 2.36 bits per heavy atom. The van der Waals surface area contributed by atoms with Gasteiger partial charge in [-0.05, 0) is 19.3 Å². The van der Waals surface area contributed by atoms with Gasteiger partial charge < -0.3 is 20.3 Å². The van der Waals surface area contributed by atoms with Crippen molar-refractivity contribution in [1.82, 2.24) is 20.5 Å². The summed E-state index contributed by atoms with van der Waals surface area (Å²) in [6.45, 7) is 3.62. The summed E-state index contributed by atoms with van der Waals surface area (Å²) in [4.78, 5) is 29.4. The molecule has 122 valence electrons. The number of aryl methyl sites for hydroxylation is 1. The molecule has 8 heteroatoms. The van der Waals surface area contributed by atoms with Crippen LogP contribution >= 0.6 is 11.3 Å². The van der Waals surface area contributed by atoms with E-state index in [9.17, 15) is 9.59 Å². The summed E-state index contributed by atoms with van der Waals surface area (Å²) in [7, 11) is 1.37. The zero-order valence-corrected chi connectivity index (χ0v) is 13.7. The number of piperidine rings is 1. The Bertz CT molecular complexity index is 520. The number of ether oxygens (including phenoxy) is 1. The molecule has 2 N–H and O–H groups in total. The van der Waals surface area contributed by atoms with Crippen LogP contribution in [0.1, 0.15) is 30.5 Å². The van der Waals surface area contributed by atoms with Crippen LogP contribution in [-0.2, 0) is 17.7 Å². The molecule has 0 saturated carbocycles. The Morgan fingerprint density at radius 1 is 1.55 bits per heavy atom. The highest BCUT2D eigenvalue weighted by Crippen LogP contribution is 2.11. The molecule has 1 atom stereocenters. The first kappa shape index (κ1) is 16.5. The number of hydrogen-bond acceptors (Lipinski definition) is 5. The number of rotatable bonds is 4. The van der Waals surface area contributed by atoms with Gasteiger partial charge in [-0.25, -0.2) is 14.6 Å². The minimum atomic E-state index is -0.346. The van der Waals surface area contributed by atoms with E-state index in [1.54, 1.807) is 16.2 Å². The second-order valence-corrected chi connectivity index (χ2v) is 6.11. The molecule has 3 amide bonds. The van der Waals surface area contributed by atoms with Crippen molar-refractivity contribution in [1.29, 1.82) is 0 Å². The van der Waals surface area contributed by atoms with Crippen molar-refractivity contribution in [2.75, 3.05) is 20.2 Å². The Morgan fingerprint density at radius 3 is 3.05 bits per heavy atom. The average Bonchev–Trinajstić information content (AvgIpc) is 3.00. The fourth-order valence-corrected chi connectivity index (χ4v) is 3.13. The summed E-state index contributed by atoms with van der Waals surface area (Å²) in [5.41, 5.74) is 0.872. The normalized spacial score (nSPS) is 17.9. The number of aromatic nitrogens is 1. The van der Waals surface area contributed by atoms with Crippen LogP contribution in [0.3, 0.4) is 0 Å². The van der Waals surface area contributed by atoms with Gasteiger partial charge in [0.1, 0.15) is 0 Å². The van der Waals surface area contributed by atoms with E-state index in [0.717, 1.165) is 30.0 Å². The molecule has 0 bridgehead atoms. The van der Waals surface area contributed by atoms with Gasteiger partial charge in [0, 0.05) is 24.5 Å². The van der Waals surface area contributed by atoms with Crippen LogP contribution in [0.5, 0.6) is 0 Å². The molecule has 0 unspecified atom stereocenters. The number of nitrogens with zero attached hydrogens (tertiary/aromatic N) is 2. The van der Waals surface area contributed by atoms with Gasteiger partial charge in [-0.2, -0.15) is 0 Å². The lowest BCUT2D eigenvalue weighted by molar-refractivity contribution is 0.108. The Hall–Kier alpha value is -1.83. The molecular weight excluding hydrogens is 304 g/mol. The molecule has 0 radical (unpaired) electrons. The molecule has 1 aliphatic rings. The first-order valence-electron chi connectivity index (χ1n) is 7.43. The smallest absolute Gasteiger partial charge is 0.409 e. The lowest BCUT2D eigenvalue weighted by Gasteiger charge is -2.32. The van der Waals surface area contributed by atoms with Crippen LogP contribution in [-0.4, -0.2) is 48.2 Å². The van der Waals surface area contributed by atoms with Crippen LogP contribution in [0.15, 0.2) is 5.38 Å². The molecule has 1 saturated heterocycles. The second-order valence-electron chi connectivity index (χ2n) is 5.17. The van der Waals surface area contributed by atoms with Crippen molar-refractivity contribution in [3.8, 4) is 0 Å². The van der Waals surface area contributed by atoms with Gasteiger partial charge in [-0.15, -0.1) is 11.3 Å². The summed E-state index contributed by atoms with van der Waals surface area (Å²) >= 11 is 1.60. The average molecular weight is 326 g/mol. The quantitative estimate of drug-likeness (QED) is 0.883. The number of carbonyl (C=O) groups is 2. The molecule has 2 heterocycles. The molecule has 2 rings (SSSR count). The first-order valence-corrected chi connectivity index (χ1v) is 8.30. The fraction of sp³-hybridized carbons (Fsp3) is 0.643. The highest BCUT2D eigenvalue weighted by Gasteiger charge is 2.25. The number of urea groups is 1. The van der Waals surface area contributed by atoms with Gasteiger partial charge in [-0.1, -0.05) is 6.92 Å². The summed E-state index contributed by atoms with van der Waals surface area (Å²) < 4.78 is 4.71. The number of thiazole rings is 1. The molecule has 1 aromatic rings. The molecule has 0 aromatic carbocycles. The largest absolute Gasteiger partial charge is 0.453 e. The summed E-state index contributed by atoms with van der Waals surface area (Å²) in [6, 6.07) is -0.280. The fourth-order valence-electron chi connectivity index (χ4n) is 2.39. The molecular formula is C14H22N4O3S. The molecule has 22 heavy (non-hydrogen) atoms. The van der Waals surface area contributed by atoms with E-state index in [1.807, 2.05) is 5.38 Å². The van der Waals surface area contributed by atoms with Crippen molar-refractivity contribution >= 4 is 23.5 Å². The van der Waals surface area contributed by atoms with E-state index in [4.69, 9.17) is 4.74 Å². The van der Waals surface area contributed by atoms with E-state index < -0.39 is 0 Å². The van der Waals surface area contributed by atoms with Crippen molar-refractivity contribution in [2.45, 2.75) is 38.8 Å². The zero-order chi connectivity index (χ0) is 15.9. The lowest BCUT2D eigenvalue weighted by Crippen LogP contribution is -2.51. The van der Waals surface area contributed by atoms with Gasteiger partial charge >= 0.3 is 12.1 Å². The molecule has 0 aliphatic carbocycles. The summed E-state index contributed by atoms with van der Waals surface area (Å²) in [5, 5.41) is 8.72. The third-order valence-electron chi connectivity index (χ3n) is 3.52. The van der Waals surface area contributed by atoms with Crippen LogP contribution in [0.2, 0.25) is 0 Å². The minimum absolute atomic E-state index is 0.0468. The van der Waals surface area contributed by atoms with Gasteiger partial charge in [0.05, 0.1) is 24.4 Å². The van der Waals surface area contributed by atoms with Crippen molar-refractivity contribution in [3.05, 3.63) is 16.1 Å². The van der Waals surface area contributed by atoms with E-state index in [1.165, 1.54) is 7.11 Å². The number of likely N-dealkylation sites (tertiary alicyclic amines) is 1. The van der Waals surface area contributed by atoms with Crippen molar-refractivity contribution in [3.63, 3.8) is 0 Å². The lowest BCUT2D eigenvalue weighted by atomic mass is 10.1. The number of hydrogen-bond donors (Lipinski definition) is 2. The van der Waals surface area contributed by atoms with Gasteiger partial charge in [0.2, 0.25) is 0 Å². The van der Waals surface area contributed by atoms with Gasteiger partial charge in [0.15, 0.2) is 0 Å². The Kier molecular flexibility index (Phi) is 6.00. The second kappa shape index (κ2) is 7.98. The SMILES string of the molecule is CCc1nc(CNC(=O)N[C@@H]2CCCN(C(=O)OC)C2)cs1. The monoisotopic (exact) mass is 326 g/mol. The standard InChI is InChI=1S/C14H22N4O3S/c1-3-12-16-11(9-22-12)7-15-13(19)17-10-5-4-6-18(8-10)14(20)21-2/h9-10H,3-8H2,1-2H3,(H2,15,17,19)/t10-/m1/s1. The number of carbonyl (C=O) groups excluding carboxylic acids is 2. The first-order chi connectivity index (χ1) is 10.6. The van der Waals surface area contributed by atoms with Crippen LogP contribution in [0.4, 0.5) is 9.59 Å². The van der Waals surface area contributed by atoms with E-state index in [0.29, 0.717) is 19.6 Å². The number of amides is 3. The highest BCUT2D eigenvalue weighted by molar-refractivity contribution is 7.09. The van der Waals surface area contributed by atoms with Gasteiger partial charge in [0.25, 0.3) is 0 Å². The van der Waals surface area contributed by atoms with E-state index in [2.05, 4.69) is 22.5 Å². The summed E-state index contributed by atoms with van der Waals surface area (Å²) in [5.74, 6) is 0. The highest BCUT2D eigenvalue weighted by atomic mass is 32.1. The maximum atomic E-state index is 11.9.